The summed E-state index contributed by atoms with van der Waals surface area (Å²) in [5, 5.41) is 13.4. The third-order valence-electron chi connectivity index (χ3n) is 7.22. The van der Waals surface area contributed by atoms with Gasteiger partial charge in [-0.2, -0.15) is 4.98 Å². The van der Waals surface area contributed by atoms with Crippen molar-refractivity contribution in [2.45, 2.75) is 13.0 Å². The van der Waals surface area contributed by atoms with Gasteiger partial charge in [0.25, 0.3) is 5.91 Å². The van der Waals surface area contributed by atoms with Crippen molar-refractivity contribution in [3.63, 3.8) is 0 Å². The normalized spacial score (nSPS) is 14.3. The van der Waals surface area contributed by atoms with Crippen LogP contribution in [0.2, 0.25) is 0 Å². The molecule has 1 amide bonds. The summed E-state index contributed by atoms with van der Waals surface area (Å²) in [5.74, 6) is 2.50. The van der Waals surface area contributed by atoms with Gasteiger partial charge in [0.1, 0.15) is 23.3 Å². The van der Waals surface area contributed by atoms with Crippen molar-refractivity contribution in [2.75, 3.05) is 32.0 Å². The summed E-state index contributed by atoms with van der Waals surface area (Å²) in [4.78, 5) is 18.9. The average Bonchev–Trinajstić information content (AvgIpc) is 3.43. The van der Waals surface area contributed by atoms with Crippen molar-refractivity contribution < 1.29 is 19.0 Å². The summed E-state index contributed by atoms with van der Waals surface area (Å²) in [6.07, 6.45) is 0. The van der Waals surface area contributed by atoms with E-state index in [4.69, 9.17) is 24.3 Å². The maximum Gasteiger partial charge on any atom is 0.255 e. The number of allylic oxidation sites excluding steroid dienone is 1. The lowest BCUT2D eigenvalue weighted by Crippen LogP contribution is -2.31. The zero-order valence-electron chi connectivity index (χ0n) is 23.1. The molecular weight excluding hydrogens is 518 g/mol. The Morgan fingerprint density at radius 1 is 0.878 bits per heavy atom. The quantitative estimate of drug-likeness (QED) is 0.256. The highest BCUT2D eigenvalue weighted by atomic mass is 16.5. The van der Waals surface area contributed by atoms with Gasteiger partial charge >= 0.3 is 0 Å². The largest absolute Gasteiger partial charge is 0.497 e. The summed E-state index contributed by atoms with van der Waals surface area (Å²) in [6, 6.07) is 26.3. The van der Waals surface area contributed by atoms with Crippen LogP contribution in [0.25, 0.3) is 22.2 Å². The Kier molecular flexibility index (Phi) is 6.76. The van der Waals surface area contributed by atoms with E-state index in [0.717, 1.165) is 21.9 Å². The van der Waals surface area contributed by atoms with Gasteiger partial charge in [0.15, 0.2) is 5.82 Å². The molecule has 0 saturated heterocycles. The first kappa shape index (κ1) is 25.9. The Hall–Kier alpha value is -5.31. The number of nitrogens with zero attached hydrogens (tertiary/aromatic N) is 3. The maximum absolute atomic E-state index is 14.0. The van der Waals surface area contributed by atoms with E-state index in [0.29, 0.717) is 46.0 Å². The molecule has 1 aromatic heterocycles. The van der Waals surface area contributed by atoms with Crippen molar-refractivity contribution in [1.29, 1.82) is 0 Å². The van der Waals surface area contributed by atoms with E-state index < -0.39 is 6.04 Å². The molecule has 1 atom stereocenters. The van der Waals surface area contributed by atoms with E-state index in [9.17, 15) is 4.79 Å². The first-order valence-electron chi connectivity index (χ1n) is 13.1. The fraction of sp³-hybridized carbons (Fsp3) is 0.156. The average molecular weight is 548 g/mol. The number of amides is 1. The van der Waals surface area contributed by atoms with Gasteiger partial charge < -0.3 is 24.8 Å². The molecule has 0 fully saturated rings. The van der Waals surface area contributed by atoms with Crippen LogP contribution in [0.15, 0.2) is 96.2 Å². The number of nitrogens with one attached hydrogen (secondary N) is 2. The van der Waals surface area contributed by atoms with Gasteiger partial charge in [-0.05, 0) is 42.0 Å². The zero-order valence-corrected chi connectivity index (χ0v) is 23.1. The number of para-hydroxylation sites is 2. The van der Waals surface area contributed by atoms with Crippen LogP contribution in [-0.4, -0.2) is 42.0 Å². The first-order valence-corrected chi connectivity index (χ1v) is 13.1. The molecule has 41 heavy (non-hydrogen) atoms. The first-order chi connectivity index (χ1) is 20.0. The van der Waals surface area contributed by atoms with Crippen LogP contribution in [0.5, 0.6) is 17.2 Å². The molecule has 1 aliphatic rings. The molecule has 0 bridgehead atoms. The molecule has 0 aliphatic carbocycles. The Bertz CT molecular complexity index is 1800. The number of benzene rings is 4. The lowest BCUT2D eigenvalue weighted by Gasteiger charge is -2.29. The summed E-state index contributed by atoms with van der Waals surface area (Å²) >= 11 is 0. The van der Waals surface area contributed by atoms with E-state index in [1.165, 1.54) is 0 Å². The fourth-order valence-corrected chi connectivity index (χ4v) is 5.25. The monoisotopic (exact) mass is 547 g/mol. The molecule has 6 rings (SSSR count). The molecule has 4 aromatic carbocycles. The molecule has 1 unspecified atom stereocenters. The van der Waals surface area contributed by atoms with Gasteiger partial charge in [0.05, 0.1) is 32.6 Å². The molecule has 9 nitrogen and oxygen atoms in total. The van der Waals surface area contributed by atoms with Gasteiger partial charge in [0.2, 0.25) is 5.95 Å². The number of aromatic nitrogens is 3. The Labute approximate surface area is 237 Å². The van der Waals surface area contributed by atoms with Crippen molar-refractivity contribution in [3.8, 4) is 28.6 Å². The number of anilines is 2. The Morgan fingerprint density at radius 3 is 2.44 bits per heavy atom. The summed E-state index contributed by atoms with van der Waals surface area (Å²) in [7, 11) is 4.76. The van der Waals surface area contributed by atoms with E-state index in [2.05, 4.69) is 28.8 Å². The van der Waals surface area contributed by atoms with Crippen LogP contribution in [0.3, 0.4) is 0 Å². The number of carbonyl (C=O) groups is 1. The fourth-order valence-electron chi connectivity index (χ4n) is 5.25. The van der Waals surface area contributed by atoms with Crippen LogP contribution in [0.4, 0.5) is 11.6 Å². The molecule has 0 radical (unpaired) electrons. The summed E-state index contributed by atoms with van der Waals surface area (Å²) in [5.41, 5.74) is 3.28. The highest BCUT2D eigenvalue weighted by molar-refractivity contribution is 6.07. The number of hydrogen-bond acceptors (Lipinski definition) is 7. The van der Waals surface area contributed by atoms with Gasteiger partial charge in [-0.15, -0.1) is 5.10 Å². The van der Waals surface area contributed by atoms with Crippen LogP contribution in [-0.2, 0) is 4.79 Å². The number of carbonyl (C=O) groups excluding carboxylic acids is 1. The van der Waals surface area contributed by atoms with Gasteiger partial charge in [-0.25, -0.2) is 4.68 Å². The van der Waals surface area contributed by atoms with Gasteiger partial charge in [-0.3, -0.25) is 4.79 Å². The van der Waals surface area contributed by atoms with E-state index >= 15 is 0 Å². The van der Waals surface area contributed by atoms with E-state index in [-0.39, 0.29) is 5.91 Å². The second kappa shape index (κ2) is 10.7. The zero-order chi connectivity index (χ0) is 28.5. The van der Waals surface area contributed by atoms with Crippen molar-refractivity contribution >= 4 is 28.3 Å². The van der Waals surface area contributed by atoms with E-state index in [1.54, 1.807) is 44.2 Å². The minimum Gasteiger partial charge on any atom is -0.497 e. The molecule has 5 aromatic rings. The van der Waals surface area contributed by atoms with Gasteiger partial charge in [0, 0.05) is 22.9 Å². The lowest BCUT2D eigenvalue weighted by atomic mass is 9.94. The molecule has 2 N–H and O–H groups in total. The molecule has 1 aliphatic heterocycles. The summed E-state index contributed by atoms with van der Waals surface area (Å²) < 4.78 is 18.4. The predicted molar refractivity (Wildman–Crippen MR) is 159 cm³/mol. The molecule has 0 spiro atoms. The standard InChI is InChI=1S/C32H29N5O4/c1-19-28(31(38)34-25-14-7-8-15-26(25)40-3)29(24-17-16-21(39-2)18-27(24)41-4)37-32(33-19)35-30(36-37)23-13-9-11-20-10-5-6-12-22(20)23/h5-18,29H,1-4H3,(H,34,38)(H,33,35,36). The number of methoxy groups -OCH3 is 3. The van der Waals surface area contributed by atoms with Crippen LogP contribution in [0, 0.1) is 0 Å². The molecule has 9 heteroatoms. The Balaban J connectivity index is 1.51. The molecule has 0 saturated carbocycles. The van der Waals surface area contributed by atoms with Gasteiger partial charge in [-0.1, -0.05) is 54.6 Å². The minimum absolute atomic E-state index is 0.310. The third kappa shape index (κ3) is 4.61. The second-order valence-electron chi connectivity index (χ2n) is 9.56. The van der Waals surface area contributed by atoms with Crippen LogP contribution in [0.1, 0.15) is 18.5 Å². The number of ether oxygens (including phenoxy) is 3. The predicted octanol–water partition coefficient (Wildman–Crippen LogP) is 6.05. The van der Waals surface area contributed by atoms with Crippen LogP contribution < -0.4 is 24.8 Å². The minimum atomic E-state index is -0.655. The summed E-state index contributed by atoms with van der Waals surface area (Å²) in [6.45, 7) is 1.86. The number of hydrogen-bond donors (Lipinski definition) is 2. The molecule has 2 heterocycles. The highest BCUT2D eigenvalue weighted by Gasteiger charge is 2.36. The third-order valence-corrected chi connectivity index (χ3v) is 7.22. The smallest absolute Gasteiger partial charge is 0.255 e. The SMILES string of the molecule is COc1ccc(C2C(C(=O)Nc3ccccc3OC)=C(C)Nc3nc(-c4cccc5ccccc45)nn32)c(OC)c1. The number of rotatable bonds is 7. The highest BCUT2D eigenvalue weighted by Crippen LogP contribution is 2.42. The number of fused-ring (bicyclic) bond motifs is 2. The second-order valence-corrected chi connectivity index (χ2v) is 9.56. The Morgan fingerprint density at radius 2 is 1.63 bits per heavy atom. The van der Waals surface area contributed by atoms with Crippen molar-refractivity contribution in [3.05, 3.63) is 102 Å². The lowest BCUT2D eigenvalue weighted by molar-refractivity contribution is -0.113. The molecule has 206 valence electrons. The topological polar surface area (TPSA) is 99.5 Å². The maximum atomic E-state index is 14.0. The van der Waals surface area contributed by atoms with E-state index in [1.807, 2.05) is 55.5 Å². The van der Waals surface area contributed by atoms with Crippen LogP contribution >= 0.6 is 0 Å². The van der Waals surface area contributed by atoms with Crippen molar-refractivity contribution in [2.24, 2.45) is 0 Å². The molecular formula is C32H29N5O4. The van der Waals surface area contributed by atoms with Crippen molar-refractivity contribution in [1.82, 2.24) is 14.8 Å².